The average Bonchev–Trinajstić information content (AvgIpc) is 2.45. The van der Waals surface area contributed by atoms with Gasteiger partial charge < -0.3 is 0 Å². The highest BCUT2D eigenvalue weighted by atomic mass is 127. The van der Waals surface area contributed by atoms with Crippen LogP contribution in [0.2, 0.25) is 0 Å². The maximum atomic E-state index is 12.9. The van der Waals surface area contributed by atoms with Gasteiger partial charge in [0, 0.05) is 22.6 Å². The van der Waals surface area contributed by atoms with Crippen molar-refractivity contribution in [1.82, 2.24) is 9.55 Å². The van der Waals surface area contributed by atoms with Crippen LogP contribution in [0.25, 0.3) is 11.0 Å². The van der Waals surface area contributed by atoms with E-state index in [1.165, 1.54) is 0 Å². The summed E-state index contributed by atoms with van der Waals surface area (Å²) in [7, 11) is 0. The topological polar surface area (TPSA) is 17.8 Å². The Hall–Kier alpha value is -0.720. The van der Waals surface area contributed by atoms with Gasteiger partial charge in [0.25, 0.3) is 0 Å². The van der Waals surface area contributed by atoms with Crippen molar-refractivity contribution in [2.75, 3.05) is 0 Å². The summed E-state index contributed by atoms with van der Waals surface area (Å²) >= 11 is 1.08. The predicted octanol–water partition coefficient (Wildman–Crippen LogP) is 2.98. The average molecular weight is 294 g/mol. The van der Waals surface area contributed by atoms with Crippen LogP contribution in [-0.4, -0.2) is 9.55 Å². The maximum Gasteiger partial charge on any atom is 0.381 e. The molecule has 13 heavy (non-hydrogen) atoms. The third kappa shape index (κ3) is 1.52. The summed E-state index contributed by atoms with van der Waals surface area (Å²) in [6, 6.07) is 6.80. The SMILES string of the molecule is FC(F)(I)n1cnc2ccccc21. The fourth-order valence-electron chi connectivity index (χ4n) is 1.16. The van der Waals surface area contributed by atoms with Crippen LogP contribution >= 0.6 is 22.6 Å². The second-order valence-electron chi connectivity index (χ2n) is 2.57. The van der Waals surface area contributed by atoms with Crippen molar-refractivity contribution in [3.05, 3.63) is 30.6 Å². The molecule has 0 aliphatic heterocycles. The fourth-order valence-corrected chi connectivity index (χ4v) is 1.55. The molecular formula is C8H5F2IN2. The van der Waals surface area contributed by atoms with E-state index < -0.39 is 4.05 Å². The van der Waals surface area contributed by atoms with Crippen LogP contribution in [0.15, 0.2) is 30.6 Å². The van der Waals surface area contributed by atoms with Gasteiger partial charge in [0.15, 0.2) is 0 Å². The summed E-state index contributed by atoms with van der Waals surface area (Å²) in [5.41, 5.74) is 1.03. The summed E-state index contributed by atoms with van der Waals surface area (Å²) in [6.07, 6.45) is 1.15. The quantitative estimate of drug-likeness (QED) is 0.584. The highest BCUT2D eigenvalue weighted by Gasteiger charge is 2.27. The number of fused-ring (bicyclic) bond motifs is 1. The summed E-state index contributed by atoms with van der Waals surface area (Å²) in [4.78, 5) is 3.86. The largest absolute Gasteiger partial charge is 0.381 e. The first-order valence-corrected chi connectivity index (χ1v) is 4.66. The molecule has 0 atom stereocenters. The van der Waals surface area contributed by atoms with Crippen molar-refractivity contribution in [2.45, 2.75) is 4.05 Å². The van der Waals surface area contributed by atoms with Crippen molar-refractivity contribution < 1.29 is 8.78 Å². The van der Waals surface area contributed by atoms with Gasteiger partial charge in [-0.25, -0.2) is 4.98 Å². The number of alkyl halides is 3. The molecule has 0 saturated heterocycles. The lowest BCUT2D eigenvalue weighted by Gasteiger charge is -2.09. The van der Waals surface area contributed by atoms with E-state index in [1.54, 1.807) is 24.3 Å². The molecule has 68 valence electrons. The third-order valence-electron chi connectivity index (χ3n) is 1.73. The summed E-state index contributed by atoms with van der Waals surface area (Å²) in [5, 5.41) is 0. The Morgan fingerprint density at radius 2 is 2.00 bits per heavy atom. The van der Waals surface area contributed by atoms with Crippen molar-refractivity contribution in [3.8, 4) is 0 Å². The smallest absolute Gasteiger partial charge is 0.262 e. The van der Waals surface area contributed by atoms with E-state index in [0.29, 0.717) is 11.0 Å². The molecule has 0 aliphatic rings. The highest BCUT2D eigenvalue weighted by Crippen LogP contribution is 2.31. The zero-order valence-electron chi connectivity index (χ0n) is 6.42. The summed E-state index contributed by atoms with van der Waals surface area (Å²) in [6.45, 7) is 0. The van der Waals surface area contributed by atoms with Crippen molar-refractivity contribution in [1.29, 1.82) is 0 Å². The first kappa shape index (κ1) is 8.86. The molecule has 0 N–H and O–H groups in total. The predicted molar refractivity (Wildman–Crippen MR) is 53.9 cm³/mol. The van der Waals surface area contributed by atoms with Crippen LogP contribution < -0.4 is 0 Å². The normalized spacial score (nSPS) is 12.2. The van der Waals surface area contributed by atoms with Crippen molar-refractivity contribution >= 4 is 33.6 Å². The first-order valence-electron chi connectivity index (χ1n) is 3.58. The lowest BCUT2D eigenvalue weighted by molar-refractivity contribution is 0.0504. The monoisotopic (exact) mass is 294 g/mol. The van der Waals surface area contributed by atoms with Gasteiger partial charge in [-0.2, -0.15) is 8.78 Å². The molecule has 2 rings (SSSR count). The van der Waals surface area contributed by atoms with E-state index in [-0.39, 0.29) is 0 Å². The van der Waals surface area contributed by atoms with Gasteiger partial charge in [-0.3, -0.25) is 4.57 Å². The Bertz CT molecular complexity index is 433. The van der Waals surface area contributed by atoms with Gasteiger partial charge in [0.1, 0.15) is 6.33 Å². The Labute approximate surface area is 86.7 Å². The van der Waals surface area contributed by atoms with E-state index in [9.17, 15) is 8.78 Å². The number of imidazole rings is 1. The minimum atomic E-state index is -2.92. The number of para-hydroxylation sites is 2. The summed E-state index contributed by atoms with van der Waals surface area (Å²) < 4.78 is 23.8. The molecule has 0 spiro atoms. The third-order valence-corrected chi connectivity index (χ3v) is 2.25. The standard InChI is InChI=1S/C8H5F2IN2/c9-8(10,11)13-5-12-6-3-1-2-4-7(6)13/h1-5H. The molecule has 0 amide bonds. The fraction of sp³-hybridized carbons (Fsp3) is 0.125. The summed E-state index contributed by atoms with van der Waals surface area (Å²) in [5.74, 6) is 0. The number of hydrogen-bond acceptors (Lipinski definition) is 1. The van der Waals surface area contributed by atoms with Gasteiger partial charge in [-0.05, 0) is 12.1 Å². The number of rotatable bonds is 1. The first-order chi connectivity index (χ1) is 6.09. The molecule has 0 bridgehead atoms. The van der Waals surface area contributed by atoms with Crippen LogP contribution in [0.3, 0.4) is 0 Å². The highest BCUT2D eigenvalue weighted by molar-refractivity contribution is 14.1. The number of aromatic nitrogens is 2. The van der Waals surface area contributed by atoms with E-state index in [1.807, 2.05) is 0 Å². The lowest BCUT2D eigenvalue weighted by Crippen LogP contribution is -2.12. The van der Waals surface area contributed by atoms with Gasteiger partial charge in [-0.1, -0.05) is 12.1 Å². The number of halogens is 3. The molecule has 1 aromatic carbocycles. The molecule has 5 heteroatoms. The molecule has 0 aliphatic carbocycles. The van der Waals surface area contributed by atoms with Crippen LogP contribution in [0.5, 0.6) is 0 Å². The minimum Gasteiger partial charge on any atom is -0.262 e. The second kappa shape index (κ2) is 2.90. The Balaban J connectivity index is 2.72. The van der Waals surface area contributed by atoms with Crippen LogP contribution in [0, 0.1) is 0 Å². The van der Waals surface area contributed by atoms with Crippen LogP contribution in [0.4, 0.5) is 8.78 Å². The molecule has 1 aromatic heterocycles. The molecule has 0 fully saturated rings. The van der Waals surface area contributed by atoms with E-state index in [4.69, 9.17) is 0 Å². The van der Waals surface area contributed by atoms with Crippen molar-refractivity contribution in [2.24, 2.45) is 0 Å². The van der Waals surface area contributed by atoms with Gasteiger partial charge in [-0.15, -0.1) is 0 Å². The molecule has 0 saturated carbocycles. The van der Waals surface area contributed by atoms with E-state index in [2.05, 4.69) is 4.98 Å². The van der Waals surface area contributed by atoms with Crippen LogP contribution in [0.1, 0.15) is 0 Å². The van der Waals surface area contributed by atoms with E-state index >= 15 is 0 Å². The van der Waals surface area contributed by atoms with Crippen molar-refractivity contribution in [3.63, 3.8) is 0 Å². The molecular weight excluding hydrogens is 289 g/mol. The van der Waals surface area contributed by atoms with Gasteiger partial charge in [0.05, 0.1) is 11.0 Å². The Morgan fingerprint density at radius 3 is 2.69 bits per heavy atom. The zero-order valence-corrected chi connectivity index (χ0v) is 8.57. The van der Waals surface area contributed by atoms with Crippen LogP contribution in [-0.2, 0) is 4.05 Å². The molecule has 2 nitrogen and oxygen atoms in total. The number of hydrogen-bond donors (Lipinski definition) is 0. The van der Waals surface area contributed by atoms with Gasteiger partial charge >= 0.3 is 4.05 Å². The second-order valence-corrected chi connectivity index (χ2v) is 3.87. The van der Waals surface area contributed by atoms with Gasteiger partial charge in [0.2, 0.25) is 0 Å². The Kier molecular flexibility index (Phi) is 1.98. The Morgan fingerprint density at radius 1 is 1.31 bits per heavy atom. The minimum absolute atomic E-state index is 0.446. The lowest BCUT2D eigenvalue weighted by atomic mass is 10.3. The molecule has 1 heterocycles. The number of benzene rings is 1. The number of nitrogens with zero attached hydrogens (tertiary/aromatic N) is 2. The molecule has 0 unspecified atom stereocenters. The van der Waals surface area contributed by atoms with E-state index in [0.717, 1.165) is 33.5 Å². The maximum absolute atomic E-state index is 12.9. The molecule has 2 aromatic rings. The zero-order chi connectivity index (χ0) is 9.47. The molecule has 0 radical (unpaired) electrons.